The first-order valence-electron chi connectivity index (χ1n) is 19.4. The van der Waals surface area contributed by atoms with E-state index in [0.717, 1.165) is 59.9 Å². The van der Waals surface area contributed by atoms with Crippen molar-refractivity contribution >= 4 is 48.9 Å². The molecule has 0 bridgehead atoms. The molecular formula is C48H58IrNO3S-. The number of aliphatic hydroxyl groups is 1. The Morgan fingerprint density at radius 1 is 0.889 bits per heavy atom. The average Bonchev–Trinajstić information content (AvgIpc) is 3.77. The molecule has 0 atom stereocenters. The van der Waals surface area contributed by atoms with Crippen molar-refractivity contribution in [3.8, 4) is 21.7 Å². The van der Waals surface area contributed by atoms with Crippen molar-refractivity contribution in [2.75, 3.05) is 0 Å². The fourth-order valence-electron chi connectivity index (χ4n) is 6.82. The zero-order chi connectivity index (χ0) is 38.7. The number of aromatic nitrogens is 1. The zero-order valence-corrected chi connectivity index (χ0v) is 37.3. The first-order chi connectivity index (χ1) is 25.1. The van der Waals surface area contributed by atoms with Crippen LogP contribution >= 0.6 is 11.3 Å². The molecule has 4 nitrogen and oxygen atoms in total. The Morgan fingerprint density at radius 3 is 2.19 bits per heavy atom. The molecular weight excluding hydrogens is 863 g/mol. The number of carbonyl (C=O) groups excluding carboxylic acids is 1. The van der Waals surface area contributed by atoms with Gasteiger partial charge in [0, 0.05) is 69.4 Å². The number of ketones is 1. The molecule has 0 saturated carbocycles. The number of hydrogen-bond acceptors (Lipinski definition) is 5. The monoisotopic (exact) mass is 921 g/mol. The summed E-state index contributed by atoms with van der Waals surface area (Å²) in [7, 11) is 0. The molecule has 3 heterocycles. The predicted octanol–water partition coefficient (Wildman–Crippen LogP) is 14.5. The summed E-state index contributed by atoms with van der Waals surface area (Å²) in [4.78, 5) is 18.3. The summed E-state index contributed by atoms with van der Waals surface area (Å²) in [5.74, 6) is 0.903. The first-order valence-corrected chi connectivity index (χ1v) is 20.2. The second-order valence-electron chi connectivity index (χ2n) is 16.6. The summed E-state index contributed by atoms with van der Waals surface area (Å²) in [6.07, 6.45) is 9.64. The molecule has 0 saturated heterocycles. The number of fused-ring (bicyclic) bond motifs is 3. The Kier molecular flexibility index (Phi) is 14.0. The van der Waals surface area contributed by atoms with Crippen LogP contribution in [-0.4, -0.2) is 15.9 Å². The van der Waals surface area contributed by atoms with Gasteiger partial charge in [-0.2, -0.15) is 0 Å². The van der Waals surface area contributed by atoms with E-state index in [4.69, 9.17) is 9.40 Å². The van der Waals surface area contributed by atoms with Crippen molar-refractivity contribution in [2.45, 2.75) is 114 Å². The predicted molar refractivity (Wildman–Crippen MR) is 227 cm³/mol. The quantitative estimate of drug-likeness (QED) is 0.0799. The molecule has 289 valence electrons. The minimum Gasteiger partial charge on any atom is -0.512 e. The maximum Gasteiger partial charge on any atom is 0.164 e. The van der Waals surface area contributed by atoms with Crippen LogP contribution in [0.2, 0.25) is 0 Å². The second-order valence-corrected chi connectivity index (χ2v) is 17.6. The van der Waals surface area contributed by atoms with Crippen LogP contribution in [-0.2, 0) is 36.7 Å². The molecule has 6 rings (SSSR count). The number of carbonyl (C=O) groups is 1. The summed E-state index contributed by atoms with van der Waals surface area (Å²) in [5, 5.41) is 14.9. The molecule has 54 heavy (non-hydrogen) atoms. The van der Waals surface area contributed by atoms with Gasteiger partial charge in [-0.15, -0.1) is 40.5 Å². The van der Waals surface area contributed by atoms with Gasteiger partial charge in [-0.1, -0.05) is 111 Å². The van der Waals surface area contributed by atoms with Crippen LogP contribution in [0.4, 0.5) is 0 Å². The number of rotatable bonds is 11. The summed E-state index contributed by atoms with van der Waals surface area (Å²) in [6, 6.07) is 25.5. The number of hydrogen-bond donors (Lipinski definition) is 1. The van der Waals surface area contributed by atoms with E-state index < -0.39 is 0 Å². The van der Waals surface area contributed by atoms with Crippen LogP contribution in [0.15, 0.2) is 89.4 Å². The maximum atomic E-state index is 12.2. The molecule has 0 fully saturated rings. The van der Waals surface area contributed by atoms with Crippen molar-refractivity contribution in [2.24, 2.45) is 16.7 Å². The van der Waals surface area contributed by atoms with Gasteiger partial charge in [0.2, 0.25) is 0 Å². The van der Waals surface area contributed by atoms with E-state index in [9.17, 15) is 9.90 Å². The smallest absolute Gasteiger partial charge is 0.164 e. The number of pyridine rings is 1. The van der Waals surface area contributed by atoms with E-state index in [0.29, 0.717) is 5.92 Å². The third-order valence-corrected chi connectivity index (χ3v) is 12.6. The van der Waals surface area contributed by atoms with Gasteiger partial charge >= 0.3 is 0 Å². The molecule has 3 aromatic heterocycles. The molecule has 3 aromatic carbocycles. The van der Waals surface area contributed by atoms with Gasteiger partial charge in [-0.25, -0.2) is 0 Å². The Bertz CT molecular complexity index is 2240. The van der Waals surface area contributed by atoms with Crippen LogP contribution < -0.4 is 0 Å². The summed E-state index contributed by atoms with van der Waals surface area (Å²) < 4.78 is 7.15. The molecule has 0 aliphatic heterocycles. The Hall–Kier alpha value is -3.57. The summed E-state index contributed by atoms with van der Waals surface area (Å²) in [5.41, 5.74) is 6.22. The number of allylic oxidation sites excluding steroid dienone is 2. The van der Waals surface area contributed by atoms with Gasteiger partial charge in [-0.3, -0.25) is 9.78 Å². The number of benzene rings is 3. The SMILES string of the molecule is CC(C)Cc1ccc2occ(-c3cc4ccnc(-c5[c-]c6ccccc6c(C(C)(C)C)c5)c4s3)c2c1.CCC(C)(CC)C(=O)/C=C(\O)C(C)(CC)CC.[Ir]. The molecule has 0 aliphatic carbocycles. The summed E-state index contributed by atoms with van der Waals surface area (Å²) >= 11 is 1.79. The minimum absolute atomic E-state index is 0. The van der Waals surface area contributed by atoms with Crippen LogP contribution in [0.25, 0.3) is 53.5 Å². The van der Waals surface area contributed by atoms with Crippen molar-refractivity contribution in [3.63, 3.8) is 0 Å². The van der Waals surface area contributed by atoms with Gasteiger partial charge in [0.05, 0.1) is 0 Å². The number of thiophene rings is 1. The average molecular weight is 921 g/mol. The molecule has 6 aromatic rings. The standard InChI is InChI=1S/C33H30NOS.C15H28O2.Ir/c1-20(2)14-21-10-11-29-26(15-21)27(19-35-29)30-18-23-12-13-34-31(32(23)36-30)24-16-22-8-6-7-9-25(22)28(17-24)33(3,4)5;1-7-14(5,8-2)12(16)11-13(17)15(6,9-3)10-4;/h6-13,15,17-20H,14H2,1-5H3;11,16H,7-10H2,1-6H3;/q-1;;/b;12-11-;. The number of furan rings is 1. The third kappa shape index (κ3) is 9.10. The van der Waals surface area contributed by atoms with Crippen molar-refractivity contribution in [1.82, 2.24) is 4.98 Å². The second kappa shape index (κ2) is 17.5. The van der Waals surface area contributed by atoms with Gasteiger partial charge in [0.25, 0.3) is 0 Å². The minimum atomic E-state index is -0.337. The molecule has 1 radical (unpaired) electrons. The van der Waals surface area contributed by atoms with Crippen LogP contribution in [0.3, 0.4) is 0 Å². The Morgan fingerprint density at radius 2 is 1.56 bits per heavy atom. The third-order valence-electron chi connectivity index (χ3n) is 11.4. The van der Waals surface area contributed by atoms with Gasteiger partial charge in [0.15, 0.2) is 5.78 Å². The topological polar surface area (TPSA) is 63.3 Å². The molecule has 0 amide bonds. The largest absolute Gasteiger partial charge is 0.512 e. The van der Waals surface area contributed by atoms with Crippen LogP contribution in [0, 0.1) is 22.8 Å². The number of aliphatic hydroxyl groups excluding tert-OH is 1. The Labute approximate surface area is 340 Å². The molecule has 0 aliphatic rings. The van der Waals surface area contributed by atoms with E-state index in [-0.39, 0.29) is 47.9 Å². The maximum absolute atomic E-state index is 12.2. The zero-order valence-electron chi connectivity index (χ0n) is 34.1. The fraction of sp³-hybridized carbons (Fsp3) is 0.417. The van der Waals surface area contributed by atoms with Crippen molar-refractivity contribution in [1.29, 1.82) is 0 Å². The van der Waals surface area contributed by atoms with E-state index >= 15 is 0 Å². The van der Waals surface area contributed by atoms with E-state index in [1.165, 1.54) is 42.9 Å². The first kappa shape index (κ1) is 43.2. The van der Waals surface area contributed by atoms with E-state index in [1.54, 1.807) is 11.3 Å². The van der Waals surface area contributed by atoms with Gasteiger partial charge < -0.3 is 9.52 Å². The van der Waals surface area contributed by atoms with Gasteiger partial charge in [0.1, 0.15) is 17.6 Å². The molecule has 0 spiro atoms. The van der Waals surface area contributed by atoms with Gasteiger partial charge in [-0.05, 0) is 78.7 Å². The summed E-state index contributed by atoms with van der Waals surface area (Å²) in [6.45, 7) is 23.4. The van der Waals surface area contributed by atoms with Crippen molar-refractivity contribution < 1.29 is 34.4 Å². The van der Waals surface area contributed by atoms with E-state index in [1.807, 2.05) is 54.0 Å². The van der Waals surface area contributed by atoms with Crippen LogP contribution in [0.5, 0.6) is 0 Å². The Balaban J connectivity index is 0.000000309. The molecule has 6 heteroatoms. The fourth-order valence-corrected chi connectivity index (χ4v) is 7.99. The van der Waals surface area contributed by atoms with Crippen molar-refractivity contribution in [3.05, 3.63) is 102 Å². The number of nitrogens with zero attached hydrogens (tertiary/aromatic N) is 1. The van der Waals surface area contributed by atoms with Crippen LogP contribution in [0.1, 0.15) is 113 Å². The normalized spacial score (nSPS) is 12.6. The molecule has 1 N–H and O–H groups in total. The van der Waals surface area contributed by atoms with E-state index in [2.05, 4.69) is 101 Å². The molecule has 0 unspecified atom stereocenters.